The smallest absolute Gasteiger partial charge is 0.283 e. The number of H-pyrrole nitrogens is 1. The molecule has 0 radical (unpaired) electrons. The second-order valence-electron chi connectivity index (χ2n) is 8.73. The molecule has 36 heavy (non-hydrogen) atoms. The number of rotatable bonds is 11. The van der Waals surface area contributed by atoms with E-state index in [2.05, 4.69) is 10.3 Å². The van der Waals surface area contributed by atoms with Crippen LogP contribution >= 0.6 is 0 Å². The molecule has 1 aliphatic rings. The van der Waals surface area contributed by atoms with Gasteiger partial charge in [-0.05, 0) is 49.2 Å². The van der Waals surface area contributed by atoms with Crippen molar-refractivity contribution in [3.63, 3.8) is 0 Å². The second kappa shape index (κ2) is 11.1. The maximum absolute atomic E-state index is 15.7. The molecule has 0 spiro atoms. The molecule has 0 bridgehead atoms. The van der Waals surface area contributed by atoms with Crippen LogP contribution in [-0.2, 0) is 6.42 Å². The number of aliphatic hydroxyl groups is 1. The van der Waals surface area contributed by atoms with Crippen molar-refractivity contribution in [1.82, 2.24) is 15.2 Å². The van der Waals surface area contributed by atoms with Crippen molar-refractivity contribution < 1.29 is 36.2 Å². The molecule has 1 aromatic heterocycles. The SMILES string of the molecule is OCC(F)(F)CN1CCc2c([nH]c3cccc(F)c23)C1c1c(F)ccc(OCCNCCCF)c1F. The third kappa shape index (κ3) is 5.33. The van der Waals surface area contributed by atoms with Crippen LogP contribution in [0.1, 0.15) is 29.3 Å². The lowest BCUT2D eigenvalue weighted by Gasteiger charge is -2.38. The molecule has 0 saturated heterocycles. The van der Waals surface area contributed by atoms with Gasteiger partial charge in [0.15, 0.2) is 11.6 Å². The number of alkyl halides is 3. The maximum atomic E-state index is 15.7. The first-order valence-electron chi connectivity index (χ1n) is 11.7. The molecule has 5 nitrogen and oxygen atoms in total. The van der Waals surface area contributed by atoms with Gasteiger partial charge in [-0.2, -0.15) is 0 Å². The van der Waals surface area contributed by atoms with E-state index in [1.165, 1.54) is 17.0 Å². The lowest BCUT2D eigenvalue weighted by molar-refractivity contribution is -0.0792. The van der Waals surface area contributed by atoms with E-state index in [0.717, 1.165) is 12.1 Å². The highest BCUT2D eigenvalue weighted by Gasteiger charge is 2.41. The minimum absolute atomic E-state index is 0.00803. The summed E-state index contributed by atoms with van der Waals surface area (Å²) in [5.74, 6) is -6.37. The number of benzene rings is 2. The fourth-order valence-electron chi connectivity index (χ4n) is 4.66. The summed E-state index contributed by atoms with van der Waals surface area (Å²) >= 11 is 0. The van der Waals surface area contributed by atoms with Crippen LogP contribution in [0.4, 0.5) is 26.3 Å². The number of aromatic nitrogens is 1. The van der Waals surface area contributed by atoms with Crippen molar-refractivity contribution in [2.24, 2.45) is 0 Å². The van der Waals surface area contributed by atoms with E-state index in [1.54, 1.807) is 6.07 Å². The second-order valence-corrected chi connectivity index (χ2v) is 8.73. The summed E-state index contributed by atoms with van der Waals surface area (Å²) in [6.45, 7) is -2.22. The molecule has 1 unspecified atom stereocenters. The molecule has 1 atom stereocenters. The molecule has 2 heterocycles. The molecule has 3 aromatic rings. The van der Waals surface area contributed by atoms with E-state index >= 15 is 8.78 Å². The lowest BCUT2D eigenvalue weighted by Crippen LogP contribution is -2.45. The Morgan fingerprint density at radius 1 is 1.11 bits per heavy atom. The number of nitrogens with zero attached hydrogens (tertiary/aromatic N) is 1. The molecule has 11 heteroatoms. The van der Waals surface area contributed by atoms with Crippen molar-refractivity contribution in [3.05, 3.63) is 64.6 Å². The van der Waals surface area contributed by atoms with Crippen molar-refractivity contribution in [1.29, 1.82) is 0 Å². The van der Waals surface area contributed by atoms with Gasteiger partial charge < -0.3 is 20.1 Å². The van der Waals surface area contributed by atoms with Gasteiger partial charge in [-0.15, -0.1) is 0 Å². The molecule has 0 saturated carbocycles. The van der Waals surface area contributed by atoms with Gasteiger partial charge in [0.1, 0.15) is 24.8 Å². The number of hydrogen-bond acceptors (Lipinski definition) is 4. The van der Waals surface area contributed by atoms with E-state index < -0.39 is 54.8 Å². The lowest BCUT2D eigenvalue weighted by atomic mass is 9.91. The molecule has 1 aliphatic heterocycles. The fourth-order valence-corrected chi connectivity index (χ4v) is 4.66. The van der Waals surface area contributed by atoms with E-state index in [0.29, 0.717) is 24.0 Å². The average molecular weight is 515 g/mol. The summed E-state index contributed by atoms with van der Waals surface area (Å²) in [7, 11) is 0. The first kappa shape index (κ1) is 26.3. The van der Waals surface area contributed by atoms with Gasteiger partial charge >= 0.3 is 0 Å². The van der Waals surface area contributed by atoms with E-state index in [1.807, 2.05) is 0 Å². The Kier molecular flexibility index (Phi) is 8.11. The van der Waals surface area contributed by atoms with Gasteiger partial charge in [0.05, 0.1) is 24.8 Å². The van der Waals surface area contributed by atoms with Crippen LogP contribution in [0, 0.1) is 17.5 Å². The fraction of sp³-hybridized carbons (Fsp3) is 0.440. The molecule has 196 valence electrons. The van der Waals surface area contributed by atoms with Gasteiger partial charge in [0.2, 0.25) is 0 Å². The number of hydrogen-bond donors (Lipinski definition) is 3. The van der Waals surface area contributed by atoms with Crippen LogP contribution in [0.5, 0.6) is 5.75 Å². The largest absolute Gasteiger partial charge is 0.489 e. The monoisotopic (exact) mass is 515 g/mol. The molecule has 3 N–H and O–H groups in total. The topological polar surface area (TPSA) is 60.5 Å². The van der Waals surface area contributed by atoms with Crippen molar-refractivity contribution in [2.45, 2.75) is 24.8 Å². The van der Waals surface area contributed by atoms with Crippen LogP contribution in [0.15, 0.2) is 30.3 Å². The summed E-state index contributed by atoms with van der Waals surface area (Å²) in [6, 6.07) is 5.09. The van der Waals surface area contributed by atoms with Gasteiger partial charge in [-0.3, -0.25) is 9.29 Å². The zero-order valence-corrected chi connectivity index (χ0v) is 19.4. The molecule has 0 amide bonds. The molecule has 0 aliphatic carbocycles. The Hall–Kier alpha value is -2.76. The first-order chi connectivity index (χ1) is 17.3. The summed E-state index contributed by atoms with van der Waals surface area (Å²) in [5, 5.41) is 12.3. The van der Waals surface area contributed by atoms with Crippen LogP contribution < -0.4 is 10.1 Å². The summed E-state index contributed by atoms with van der Waals surface area (Å²) in [5.41, 5.74) is 0.532. The highest BCUT2D eigenvalue weighted by molar-refractivity contribution is 5.86. The molecular formula is C25H27F6N3O2. The highest BCUT2D eigenvalue weighted by Crippen LogP contribution is 2.43. The third-order valence-corrected chi connectivity index (χ3v) is 6.25. The molecular weight excluding hydrogens is 488 g/mol. The van der Waals surface area contributed by atoms with E-state index in [4.69, 9.17) is 9.84 Å². The molecule has 2 aromatic carbocycles. The maximum Gasteiger partial charge on any atom is 0.283 e. The quantitative estimate of drug-likeness (QED) is 0.260. The number of ether oxygens (including phenoxy) is 1. The molecule has 4 rings (SSSR count). The summed E-state index contributed by atoms with van der Waals surface area (Å²) in [6.07, 6.45) is 0.483. The van der Waals surface area contributed by atoms with Crippen molar-refractivity contribution in [2.75, 3.05) is 46.1 Å². The standard InChI is InChI=1S/C25H27F6N3O2/c26-8-2-9-32-10-12-36-19-6-5-17(28)21(22(19)29)24-23-15(7-11-34(24)13-25(30,31)14-35)20-16(27)3-1-4-18(20)33-23/h1,3-6,24,32-33,35H,2,7-14H2. The highest BCUT2D eigenvalue weighted by atomic mass is 19.3. The Bertz CT molecular complexity index is 1200. The Morgan fingerprint density at radius 2 is 1.92 bits per heavy atom. The zero-order valence-electron chi connectivity index (χ0n) is 19.4. The van der Waals surface area contributed by atoms with Crippen molar-refractivity contribution >= 4 is 10.9 Å². The number of fused-ring (bicyclic) bond motifs is 3. The zero-order chi connectivity index (χ0) is 25.9. The summed E-state index contributed by atoms with van der Waals surface area (Å²) < 4.78 is 91.6. The Morgan fingerprint density at radius 3 is 2.67 bits per heavy atom. The Balaban J connectivity index is 1.74. The van der Waals surface area contributed by atoms with Crippen LogP contribution in [0.25, 0.3) is 10.9 Å². The minimum Gasteiger partial charge on any atom is -0.489 e. The van der Waals surface area contributed by atoms with Crippen LogP contribution in [-0.4, -0.2) is 67.0 Å². The van der Waals surface area contributed by atoms with Gasteiger partial charge in [0.25, 0.3) is 5.92 Å². The number of aromatic amines is 1. The average Bonchev–Trinajstić information content (AvgIpc) is 3.23. The van der Waals surface area contributed by atoms with Crippen LogP contribution in [0.3, 0.4) is 0 Å². The van der Waals surface area contributed by atoms with Crippen molar-refractivity contribution in [3.8, 4) is 5.75 Å². The first-order valence-corrected chi connectivity index (χ1v) is 11.7. The summed E-state index contributed by atoms with van der Waals surface area (Å²) in [4.78, 5) is 4.16. The predicted octanol–water partition coefficient (Wildman–Crippen LogP) is 4.49. The van der Waals surface area contributed by atoms with Gasteiger partial charge in [0, 0.05) is 29.7 Å². The van der Waals surface area contributed by atoms with Gasteiger partial charge in [-0.25, -0.2) is 22.0 Å². The number of aliphatic hydroxyl groups excluding tert-OH is 1. The molecule has 0 fully saturated rings. The van der Waals surface area contributed by atoms with E-state index in [9.17, 15) is 17.6 Å². The minimum atomic E-state index is -3.53. The van der Waals surface area contributed by atoms with Gasteiger partial charge in [-0.1, -0.05) is 6.07 Å². The predicted molar refractivity (Wildman–Crippen MR) is 123 cm³/mol. The Labute approximate surface area is 204 Å². The number of halogens is 6. The van der Waals surface area contributed by atoms with E-state index in [-0.39, 0.29) is 42.9 Å². The number of nitrogens with one attached hydrogen (secondary N) is 2. The normalized spacial score (nSPS) is 16.5. The van der Waals surface area contributed by atoms with Crippen LogP contribution in [0.2, 0.25) is 0 Å². The third-order valence-electron chi connectivity index (χ3n) is 6.25.